The average molecular weight is 589 g/mol. The van der Waals surface area contributed by atoms with E-state index in [-0.39, 0.29) is 59.2 Å². The summed E-state index contributed by atoms with van der Waals surface area (Å²) in [5.74, 6) is -1.88. The second-order valence-corrected chi connectivity index (χ2v) is 11.1. The largest absolute Gasteiger partial charge is 0.502 e. The predicted molar refractivity (Wildman–Crippen MR) is 138 cm³/mol. The zero-order valence-electron chi connectivity index (χ0n) is 20.8. The number of amides is 1. The van der Waals surface area contributed by atoms with E-state index in [9.17, 15) is 36.3 Å². The number of hydrogen-bond donors (Lipinski definition) is 2. The normalized spacial score (nSPS) is 14.7. The number of benzene rings is 3. The summed E-state index contributed by atoms with van der Waals surface area (Å²) in [6, 6.07) is 12.7. The molecule has 14 heteroatoms. The molecular weight excluding hydrogens is 569 g/mol. The van der Waals surface area contributed by atoms with Gasteiger partial charge in [-0.25, -0.2) is 8.42 Å². The van der Waals surface area contributed by atoms with E-state index < -0.39 is 33.3 Å². The van der Waals surface area contributed by atoms with Crippen LogP contribution in [-0.2, 0) is 27.8 Å². The highest BCUT2D eigenvalue weighted by Crippen LogP contribution is 2.39. The molecule has 212 valence electrons. The monoisotopic (exact) mass is 588 g/mol. The van der Waals surface area contributed by atoms with Gasteiger partial charge in [0, 0.05) is 24.3 Å². The smallest absolute Gasteiger partial charge is 0.471 e. The van der Waals surface area contributed by atoms with Crippen LogP contribution < -0.4 is 19.6 Å². The molecule has 10 nitrogen and oxygen atoms in total. The third kappa shape index (κ3) is 4.79. The van der Waals surface area contributed by atoms with Gasteiger partial charge in [-0.3, -0.25) is 14.3 Å². The Morgan fingerprint density at radius 3 is 2.54 bits per heavy atom. The van der Waals surface area contributed by atoms with Crippen molar-refractivity contribution in [3.05, 3.63) is 75.9 Å². The van der Waals surface area contributed by atoms with E-state index in [1.165, 1.54) is 36.4 Å². The number of hydrogen-bond acceptors (Lipinski definition) is 8. The Morgan fingerprint density at radius 2 is 1.76 bits per heavy atom. The van der Waals surface area contributed by atoms with E-state index in [0.717, 1.165) is 0 Å². The van der Waals surface area contributed by atoms with Gasteiger partial charge >= 0.3 is 12.1 Å². The van der Waals surface area contributed by atoms with Gasteiger partial charge in [-0.1, -0.05) is 6.07 Å². The fourth-order valence-electron chi connectivity index (χ4n) is 4.75. The Balaban J connectivity index is 1.28. The lowest BCUT2D eigenvalue weighted by molar-refractivity contribution is -0.186. The minimum Gasteiger partial charge on any atom is -0.502 e. The molecule has 2 aliphatic heterocycles. The van der Waals surface area contributed by atoms with Crippen molar-refractivity contribution < 1.29 is 45.4 Å². The summed E-state index contributed by atoms with van der Waals surface area (Å²) in [5.41, 5.74) is 0.518. The number of sulfonamides is 1. The number of carbonyl (C=O) groups excluding carboxylic acids is 1. The topological polar surface area (TPSA) is 135 Å². The van der Waals surface area contributed by atoms with E-state index in [2.05, 4.69) is 4.72 Å². The van der Waals surface area contributed by atoms with Crippen LogP contribution in [0.5, 0.6) is 17.2 Å². The average Bonchev–Trinajstić information content (AvgIpc) is 3.41. The molecule has 6 rings (SSSR count). The number of nitrogens with one attached hydrogen (secondary N) is 1. The molecule has 1 amide bonds. The molecule has 0 spiro atoms. The first-order valence-electron chi connectivity index (χ1n) is 12.1. The van der Waals surface area contributed by atoms with Crippen molar-refractivity contribution in [3.63, 3.8) is 0 Å². The molecule has 0 fully saturated rings. The maximum atomic E-state index is 13.1. The molecule has 41 heavy (non-hydrogen) atoms. The van der Waals surface area contributed by atoms with Crippen LogP contribution in [0.3, 0.4) is 0 Å². The van der Waals surface area contributed by atoms with Gasteiger partial charge in [-0.2, -0.15) is 13.2 Å². The number of halogens is 3. The summed E-state index contributed by atoms with van der Waals surface area (Å²) < 4.78 is 83.6. The number of carbonyl (C=O) groups is 1. The summed E-state index contributed by atoms with van der Waals surface area (Å²) >= 11 is 0. The molecular formula is C27H19F3N2O8S. The summed E-state index contributed by atoms with van der Waals surface area (Å²) in [6.07, 6.45) is -4.89. The Labute approximate surface area is 229 Å². The van der Waals surface area contributed by atoms with Gasteiger partial charge in [0.25, 0.3) is 10.0 Å². The Hall–Kier alpha value is -4.72. The van der Waals surface area contributed by atoms with E-state index in [4.69, 9.17) is 13.9 Å². The van der Waals surface area contributed by atoms with Gasteiger partial charge < -0.3 is 23.9 Å². The predicted octanol–water partition coefficient (Wildman–Crippen LogP) is 4.14. The lowest BCUT2D eigenvalue weighted by atomic mass is 10.00. The van der Waals surface area contributed by atoms with E-state index in [0.29, 0.717) is 27.5 Å². The number of alkyl halides is 3. The molecule has 0 aliphatic carbocycles. The van der Waals surface area contributed by atoms with Crippen LogP contribution in [0.15, 0.2) is 68.7 Å². The Kier molecular flexibility index (Phi) is 6.10. The number of anilines is 1. The highest BCUT2D eigenvalue weighted by Gasteiger charge is 2.43. The summed E-state index contributed by atoms with van der Waals surface area (Å²) in [6.45, 7) is -0.496. The van der Waals surface area contributed by atoms with Crippen molar-refractivity contribution in [3.8, 4) is 28.6 Å². The summed E-state index contributed by atoms with van der Waals surface area (Å²) in [4.78, 5) is 25.1. The number of nitrogens with zero attached hydrogens (tertiary/aromatic N) is 1. The highest BCUT2D eigenvalue weighted by molar-refractivity contribution is 7.92. The highest BCUT2D eigenvalue weighted by atomic mass is 32.2. The maximum Gasteiger partial charge on any atom is 0.471 e. The van der Waals surface area contributed by atoms with Gasteiger partial charge in [0.15, 0.2) is 17.3 Å². The van der Waals surface area contributed by atoms with Crippen LogP contribution in [0.25, 0.3) is 22.3 Å². The zero-order chi connectivity index (χ0) is 29.1. The quantitative estimate of drug-likeness (QED) is 0.363. The van der Waals surface area contributed by atoms with E-state index >= 15 is 0 Å². The molecule has 0 unspecified atom stereocenters. The van der Waals surface area contributed by atoms with Crippen LogP contribution in [0.1, 0.15) is 11.1 Å². The van der Waals surface area contributed by atoms with Crippen molar-refractivity contribution in [1.29, 1.82) is 0 Å². The standard InChI is InChI=1S/C27H19F3N2O8S/c28-27(29,30)26(35)32-8-7-14-1-4-18(9-16(14)12-32)41(36,37)31-17-3-6-20-19(11-17)23(33)24(34)25(40-20)15-2-5-21-22(10-15)39-13-38-21/h1-6,9-11,31,34H,7-8,12-13H2. The van der Waals surface area contributed by atoms with Crippen LogP contribution in [-0.4, -0.2) is 43.8 Å². The lowest BCUT2D eigenvalue weighted by Crippen LogP contribution is -2.43. The van der Waals surface area contributed by atoms with Gasteiger partial charge in [-0.05, 0) is 66.1 Å². The molecule has 0 saturated heterocycles. The lowest BCUT2D eigenvalue weighted by Gasteiger charge is -2.29. The fourth-order valence-corrected chi connectivity index (χ4v) is 5.85. The third-order valence-corrected chi connectivity index (χ3v) is 8.16. The summed E-state index contributed by atoms with van der Waals surface area (Å²) in [7, 11) is -4.26. The van der Waals surface area contributed by atoms with Crippen molar-refractivity contribution in [2.24, 2.45) is 0 Å². The zero-order valence-corrected chi connectivity index (χ0v) is 21.6. The first kappa shape index (κ1) is 26.5. The van der Waals surface area contributed by atoms with Crippen molar-refractivity contribution >= 4 is 32.6 Å². The second kappa shape index (κ2) is 9.44. The molecule has 0 atom stereocenters. The van der Waals surface area contributed by atoms with Gasteiger partial charge in [0.1, 0.15) is 5.58 Å². The van der Waals surface area contributed by atoms with Crippen LogP contribution in [0.4, 0.5) is 18.9 Å². The molecule has 3 heterocycles. The fraction of sp³-hybridized carbons (Fsp3) is 0.185. The molecule has 2 N–H and O–H groups in total. The van der Waals surface area contributed by atoms with Crippen molar-refractivity contribution in [1.82, 2.24) is 4.90 Å². The van der Waals surface area contributed by atoms with Crippen LogP contribution in [0.2, 0.25) is 0 Å². The molecule has 0 radical (unpaired) electrons. The number of aromatic hydroxyl groups is 1. The third-order valence-electron chi connectivity index (χ3n) is 6.78. The first-order chi connectivity index (χ1) is 19.4. The summed E-state index contributed by atoms with van der Waals surface area (Å²) in [5, 5.41) is 10.5. The van der Waals surface area contributed by atoms with Gasteiger partial charge in [0.2, 0.25) is 18.0 Å². The minimum absolute atomic E-state index is 0.0216. The van der Waals surface area contributed by atoms with Gasteiger partial charge in [-0.15, -0.1) is 0 Å². The van der Waals surface area contributed by atoms with Crippen molar-refractivity contribution in [2.45, 2.75) is 24.0 Å². The number of fused-ring (bicyclic) bond motifs is 3. The molecule has 1 aromatic heterocycles. The SMILES string of the molecule is O=C(N1CCc2ccc(S(=O)(=O)Nc3ccc4oc(-c5ccc6c(c5)OCO6)c(O)c(=O)c4c3)cc2C1)C(F)(F)F. The van der Waals surface area contributed by atoms with E-state index in [1.54, 1.807) is 18.2 Å². The van der Waals surface area contributed by atoms with Crippen LogP contribution in [0, 0.1) is 0 Å². The Morgan fingerprint density at radius 1 is 0.976 bits per heavy atom. The van der Waals surface area contributed by atoms with Crippen molar-refractivity contribution in [2.75, 3.05) is 18.1 Å². The molecule has 3 aromatic carbocycles. The number of rotatable bonds is 4. The second-order valence-electron chi connectivity index (χ2n) is 9.40. The molecule has 2 aliphatic rings. The molecule has 0 saturated carbocycles. The molecule has 0 bridgehead atoms. The number of ether oxygens (including phenoxy) is 2. The van der Waals surface area contributed by atoms with Gasteiger partial charge in [0.05, 0.1) is 10.3 Å². The first-order valence-corrected chi connectivity index (χ1v) is 13.6. The molecule has 4 aromatic rings. The maximum absolute atomic E-state index is 13.1. The van der Waals surface area contributed by atoms with E-state index in [1.807, 2.05) is 0 Å². The minimum atomic E-state index is -5.04. The Bertz CT molecular complexity index is 1900. The van der Waals surface area contributed by atoms with Crippen LogP contribution >= 0.6 is 0 Å².